The lowest BCUT2D eigenvalue weighted by Gasteiger charge is -2.12. The van der Waals surface area contributed by atoms with Gasteiger partial charge in [0.15, 0.2) is 0 Å². The van der Waals surface area contributed by atoms with Crippen LogP contribution in [0.1, 0.15) is 5.56 Å². The molecule has 0 atom stereocenters. The summed E-state index contributed by atoms with van der Waals surface area (Å²) in [5, 5.41) is 5.36. The molecule has 0 radical (unpaired) electrons. The van der Waals surface area contributed by atoms with Crippen molar-refractivity contribution in [2.75, 3.05) is 17.7 Å². The van der Waals surface area contributed by atoms with Gasteiger partial charge in [-0.3, -0.25) is 9.13 Å². The lowest BCUT2D eigenvalue weighted by Crippen LogP contribution is -2.21. The normalized spacial score (nSPS) is 11.6. The van der Waals surface area contributed by atoms with Crippen molar-refractivity contribution in [3.63, 3.8) is 0 Å². The quantitative estimate of drug-likeness (QED) is 0.615. The minimum Gasteiger partial charge on any atom is -0.308 e. The van der Waals surface area contributed by atoms with E-state index in [0.717, 1.165) is 5.52 Å². The summed E-state index contributed by atoms with van der Waals surface area (Å²) in [4.78, 5) is 24.5. The third-order valence-electron chi connectivity index (χ3n) is 4.57. The minimum atomic E-state index is -3.62. The van der Waals surface area contributed by atoms with Gasteiger partial charge >= 0.3 is 11.7 Å². The summed E-state index contributed by atoms with van der Waals surface area (Å²) >= 11 is 0. The third kappa shape index (κ3) is 3.51. The zero-order valence-electron chi connectivity index (χ0n) is 15.9. The Morgan fingerprint density at radius 3 is 2.32 bits per heavy atom. The lowest BCUT2D eigenvalue weighted by molar-refractivity contribution is 0.262. The molecular formula is C18H21N5O4S. The van der Waals surface area contributed by atoms with Gasteiger partial charge in [-0.05, 0) is 49.9 Å². The van der Waals surface area contributed by atoms with Crippen LogP contribution in [-0.4, -0.2) is 30.6 Å². The Labute approximate surface area is 162 Å². The highest BCUT2D eigenvalue weighted by Gasteiger charge is 2.15. The first kappa shape index (κ1) is 19.6. The zero-order chi connectivity index (χ0) is 20.6. The number of anilines is 2. The first-order valence-corrected chi connectivity index (χ1v) is 9.90. The van der Waals surface area contributed by atoms with Gasteiger partial charge in [-0.1, -0.05) is 6.07 Å². The van der Waals surface area contributed by atoms with Gasteiger partial charge < -0.3 is 10.6 Å². The van der Waals surface area contributed by atoms with Gasteiger partial charge in [-0.2, -0.15) is 0 Å². The summed E-state index contributed by atoms with van der Waals surface area (Å²) in [6, 6.07) is 9.09. The van der Waals surface area contributed by atoms with Gasteiger partial charge in [0.25, 0.3) is 0 Å². The molecule has 3 N–H and O–H groups in total. The van der Waals surface area contributed by atoms with Crippen LogP contribution < -0.4 is 21.0 Å². The molecule has 3 rings (SSSR count). The van der Waals surface area contributed by atoms with Gasteiger partial charge in [0.05, 0.1) is 15.9 Å². The molecule has 148 valence electrons. The smallest absolute Gasteiger partial charge is 0.308 e. The largest absolute Gasteiger partial charge is 0.328 e. The molecule has 1 aromatic heterocycles. The standard InChI is InChI=1S/C18H21N5O4S/c1-11-5-7-13(28(26,27)19-2)10-14(11)21-17(24)20-12-6-8-15-16(9-12)23(4)18(25)22(15)3/h5-10,19H,1-4H3,(H2,20,21,24). The third-order valence-corrected chi connectivity index (χ3v) is 5.98. The molecule has 2 amide bonds. The number of fused-ring (bicyclic) bond motifs is 1. The van der Waals surface area contributed by atoms with Crippen LogP contribution >= 0.6 is 0 Å². The van der Waals surface area contributed by atoms with Crippen molar-refractivity contribution < 1.29 is 13.2 Å². The number of amides is 2. The predicted molar refractivity (Wildman–Crippen MR) is 108 cm³/mol. The maximum Gasteiger partial charge on any atom is 0.328 e. The zero-order valence-corrected chi connectivity index (χ0v) is 16.7. The average molecular weight is 403 g/mol. The molecule has 0 aliphatic carbocycles. The first-order valence-electron chi connectivity index (χ1n) is 8.41. The number of hydrogen-bond donors (Lipinski definition) is 3. The molecule has 0 spiro atoms. The Balaban J connectivity index is 1.85. The van der Waals surface area contributed by atoms with Crippen molar-refractivity contribution in [3.05, 3.63) is 52.4 Å². The molecule has 0 saturated carbocycles. The molecule has 1 heterocycles. The molecule has 10 heteroatoms. The first-order chi connectivity index (χ1) is 13.1. The van der Waals surface area contributed by atoms with E-state index in [1.165, 1.54) is 28.3 Å². The maximum absolute atomic E-state index is 12.4. The van der Waals surface area contributed by atoms with Crippen molar-refractivity contribution in [3.8, 4) is 0 Å². The highest BCUT2D eigenvalue weighted by atomic mass is 32.2. The van der Waals surface area contributed by atoms with Crippen molar-refractivity contribution in [1.82, 2.24) is 13.9 Å². The number of sulfonamides is 1. The van der Waals surface area contributed by atoms with Crippen LogP contribution in [0.15, 0.2) is 46.1 Å². The average Bonchev–Trinajstić information content (AvgIpc) is 2.87. The Morgan fingerprint density at radius 2 is 1.64 bits per heavy atom. The molecule has 9 nitrogen and oxygen atoms in total. The topological polar surface area (TPSA) is 114 Å². The summed E-state index contributed by atoms with van der Waals surface area (Å²) in [6.07, 6.45) is 0. The molecule has 2 aromatic carbocycles. The molecule has 0 fully saturated rings. The van der Waals surface area contributed by atoms with Crippen LogP contribution in [0.2, 0.25) is 0 Å². The molecule has 0 unspecified atom stereocenters. The second-order valence-corrected chi connectivity index (χ2v) is 8.25. The number of aryl methyl sites for hydroxylation is 3. The van der Waals surface area contributed by atoms with Gasteiger partial charge in [-0.15, -0.1) is 0 Å². The summed E-state index contributed by atoms with van der Waals surface area (Å²) in [7, 11) is 1.04. The van der Waals surface area contributed by atoms with Crippen LogP contribution in [0.25, 0.3) is 11.0 Å². The number of aromatic nitrogens is 2. The van der Waals surface area contributed by atoms with E-state index in [0.29, 0.717) is 22.5 Å². The molecule has 0 aliphatic heterocycles. The number of carbonyl (C=O) groups is 1. The molecule has 28 heavy (non-hydrogen) atoms. The fourth-order valence-corrected chi connectivity index (χ4v) is 3.65. The van der Waals surface area contributed by atoms with Crippen LogP contribution in [0.3, 0.4) is 0 Å². The number of carbonyl (C=O) groups excluding carboxylic acids is 1. The van der Waals surface area contributed by atoms with Gasteiger partial charge in [0.2, 0.25) is 10.0 Å². The van der Waals surface area contributed by atoms with Crippen molar-refractivity contribution in [2.24, 2.45) is 14.1 Å². The minimum absolute atomic E-state index is 0.0524. The molecule has 0 saturated heterocycles. The van der Waals surface area contributed by atoms with E-state index in [1.54, 1.807) is 45.3 Å². The van der Waals surface area contributed by atoms with Gasteiger partial charge in [-0.25, -0.2) is 22.7 Å². The Hall–Kier alpha value is -3.11. The predicted octanol–water partition coefficient (Wildman–Crippen LogP) is 1.74. The van der Waals surface area contributed by atoms with Crippen molar-refractivity contribution in [1.29, 1.82) is 0 Å². The maximum atomic E-state index is 12.4. The second-order valence-electron chi connectivity index (χ2n) is 6.37. The highest BCUT2D eigenvalue weighted by Crippen LogP contribution is 2.21. The monoisotopic (exact) mass is 403 g/mol. The SMILES string of the molecule is CNS(=O)(=O)c1ccc(C)c(NC(=O)Nc2ccc3c(c2)n(C)c(=O)n3C)c1. The van der Waals surface area contributed by atoms with Crippen molar-refractivity contribution in [2.45, 2.75) is 11.8 Å². The Bertz CT molecular complexity index is 1240. The Kier molecular flexibility index (Phi) is 5.01. The lowest BCUT2D eigenvalue weighted by atomic mass is 10.2. The van der Waals surface area contributed by atoms with Crippen LogP contribution in [0, 0.1) is 6.92 Å². The van der Waals surface area contributed by atoms with Crippen LogP contribution in [-0.2, 0) is 24.1 Å². The van der Waals surface area contributed by atoms with E-state index in [9.17, 15) is 18.0 Å². The van der Waals surface area contributed by atoms with E-state index in [2.05, 4.69) is 15.4 Å². The molecular weight excluding hydrogens is 382 g/mol. The van der Waals surface area contributed by atoms with E-state index >= 15 is 0 Å². The number of imidazole rings is 1. The van der Waals surface area contributed by atoms with E-state index in [1.807, 2.05) is 0 Å². The number of urea groups is 1. The van der Waals surface area contributed by atoms with Gasteiger partial charge in [0.1, 0.15) is 0 Å². The summed E-state index contributed by atoms with van der Waals surface area (Å²) < 4.78 is 29.2. The fourth-order valence-electron chi connectivity index (χ4n) is 2.89. The fraction of sp³-hybridized carbons (Fsp3) is 0.222. The second kappa shape index (κ2) is 7.13. The number of benzene rings is 2. The van der Waals surface area contributed by atoms with Gasteiger partial charge in [0, 0.05) is 25.5 Å². The molecule has 3 aromatic rings. The number of hydrogen-bond acceptors (Lipinski definition) is 4. The number of nitrogens with zero attached hydrogens (tertiary/aromatic N) is 2. The van der Waals surface area contributed by atoms with Crippen molar-refractivity contribution >= 4 is 38.5 Å². The van der Waals surface area contributed by atoms with Crippen LogP contribution in [0.5, 0.6) is 0 Å². The number of nitrogens with one attached hydrogen (secondary N) is 3. The number of rotatable bonds is 4. The molecule has 0 aliphatic rings. The van der Waals surface area contributed by atoms with Crippen LogP contribution in [0.4, 0.5) is 16.2 Å². The summed E-state index contributed by atoms with van der Waals surface area (Å²) in [5.74, 6) is 0. The Morgan fingerprint density at radius 1 is 0.964 bits per heavy atom. The summed E-state index contributed by atoms with van der Waals surface area (Å²) in [5.41, 5.74) is 2.87. The van der Waals surface area contributed by atoms with E-state index in [-0.39, 0.29) is 10.6 Å². The highest BCUT2D eigenvalue weighted by molar-refractivity contribution is 7.89. The molecule has 0 bridgehead atoms. The van der Waals surface area contributed by atoms with E-state index < -0.39 is 16.1 Å². The van der Waals surface area contributed by atoms with E-state index in [4.69, 9.17) is 0 Å². The summed E-state index contributed by atoms with van der Waals surface area (Å²) in [6.45, 7) is 1.76.